The predicted octanol–water partition coefficient (Wildman–Crippen LogP) is 5.91. The number of para-hydroxylation sites is 2. The van der Waals surface area contributed by atoms with Gasteiger partial charge in [0, 0.05) is 67.5 Å². The molecule has 0 aromatic heterocycles. The Morgan fingerprint density at radius 1 is 0.902 bits per heavy atom. The molecule has 4 rings (SSSR count). The highest BCUT2D eigenvalue weighted by Gasteiger charge is 2.44. The third-order valence-corrected chi connectivity index (χ3v) is 8.47. The highest BCUT2D eigenvalue weighted by Crippen LogP contribution is 2.46. The monoisotopic (exact) mass is 553 g/mol. The van der Waals surface area contributed by atoms with Gasteiger partial charge in [0.1, 0.15) is 6.54 Å². The summed E-state index contributed by atoms with van der Waals surface area (Å²) in [5, 5.41) is 5.53. The van der Waals surface area contributed by atoms with E-state index in [4.69, 9.17) is 0 Å². The summed E-state index contributed by atoms with van der Waals surface area (Å²) in [6, 6.07) is 17.4. The van der Waals surface area contributed by atoms with Gasteiger partial charge in [0.25, 0.3) is 0 Å². The second kappa shape index (κ2) is 12.7. The number of anilines is 1. The van der Waals surface area contributed by atoms with Gasteiger partial charge < -0.3 is 15.5 Å². The number of hydrogen-bond donors (Lipinski definition) is 2. The molecule has 0 saturated carbocycles. The molecule has 6 nitrogen and oxygen atoms in total. The van der Waals surface area contributed by atoms with Crippen molar-refractivity contribution in [1.29, 1.82) is 0 Å². The molecule has 0 fully saturated rings. The standard InChI is InChI=1S/C35H44N4O2/c1-7-32(40)36-23-24-37-33(41)22-9-8-14-25-39-29-19-13-11-17-27(29)35(4,5)31(39)21-15-20-30-34(2,3)26-16-10-12-18-28(26)38(30)6/h7,10-13,15-21H,1,8-9,14,22-25H2,2-6H3,(H-,36,37,40,41)/p+1. The molecule has 2 aliphatic rings. The first-order valence-corrected chi connectivity index (χ1v) is 14.7. The van der Waals surface area contributed by atoms with Gasteiger partial charge in [0.05, 0.1) is 5.41 Å². The number of amides is 2. The number of rotatable bonds is 12. The molecule has 0 spiro atoms. The summed E-state index contributed by atoms with van der Waals surface area (Å²) in [6.07, 6.45) is 11.3. The van der Waals surface area contributed by atoms with E-state index in [1.165, 1.54) is 40.0 Å². The summed E-state index contributed by atoms with van der Waals surface area (Å²) in [6.45, 7) is 14.4. The Balaban J connectivity index is 1.42. The number of hydrogen-bond acceptors (Lipinski definition) is 3. The SMILES string of the molecule is C=CC(=O)NCCNC(=O)CCCCC[N+]1=C(/C=C/C=C2/N(C)c3ccccc3C2(C)C)C(C)(C)c2ccccc21. The molecule has 2 heterocycles. The van der Waals surface area contributed by atoms with Gasteiger partial charge in [-0.3, -0.25) is 9.59 Å². The van der Waals surface area contributed by atoms with Crippen molar-refractivity contribution in [1.82, 2.24) is 10.6 Å². The summed E-state index contributed by atoms with van der Waals surface area (Å²) < 4.78 is 2.46. The van der Waals surface area contributed by atoms with Crippen molar-refractivity contribution in [3.63, 3.8) is 0 Å². The summed E-state index contributed by atoms with van der Waals surface area (Å²) >= 11 is 0. The lowest BCUT2D eigenvalue weighted by Gasteiger charge is -2.23. The van der Waals surface area contributed by atoms with E-state index in [2.05, 4.69) is 128 Å². The lowest BCUT2D eigenvalue weighted by atomic mass is 9.81. The molecule has 2 aromatic carbocycles. The van der Waals surface area contributed by atoms with E-state index < -0.39 is 0 Å². The smallest absolute Gasteiger partial charge is 0.243 e. The Kier molecular flexibility index (Phi) is 9.31. The molecular weight excluding hydrogens is 508 g/mol. The highest BCUT2D eigenvalue weighted by atomic mass is 16.2. The van der Waals surface area contributed by atoms with Crippen molar-refractivity contribution in [2.24, 2.45) is 0 Å². The van der Waals surface area contributed by atoms with Gasteiger partial charge in [-0.15, -0.1) is 0 Å². The van der Waals surface area contributed by atoms with Crippen molar-refractivity contribution in [2.75, 3.05) is 31.6 Å². The topological polar surface area (TPSA) is 64.5 Å². The number of carbonyl (C=O) groups excluding carboxylic acids is 2. The number of likely N-dealkylation sites (N-methyl/N-ethyl adjacent to an activating group) is 1. The van der Waals surface area contributed by atoms with Gasteiger partial charge >= 0.3 is 0 Å². The average Bonchev–Trinajstić information content (AvgIpc) is 3.29. The summed E-state index contributed by atoms with van der Waals surface area (Å²) in [4.78, 5) is 25.7. The number of allylic oxidation sites excluding steroid dienone is 4. The molecule has 0 radical (unpaired) electrons. The van der Waals surface area contributed by atoms with E-state index >= 15 is 0 Å². The van der Waals surface area contributed by atoms with Crippen molar-refractivity contribution < 1.29 is 14.2 Å². The van der Waals surface area contributed by atoms with Crippen LogP contribution in [0, 0.1) is 0 Å². The van der Waals surface area contributed by atoms with Crippen LogP contribution in [-0.2, 0) is 20.4 Å². The van der Waals surface area contributed by atoms with Crippen molar-refractivity contribution in [2.45, 2.75) is 64.2 Å². The van der Waals surface area contributed by atoms with E-state index in [0.717, 1.165) is 25.8 Å². The highest BCUT2D eigenvalue weighted by molar-refractivity contribution is 6.03. The lowest BCUT2D eigenvalue weighted by molar-refractivity contribution is -0.438. The Morgan fingerprint density at radius 2 is 1.59 bits per heavy atom. The fourth-order valence-electron chi connectivity index (χ4n) is 6.19. The summed E-state index contributed by atoms with van der Waals surface area (Å²) in [7, 11) is 2.16. The number of nitrogens with one attached hydrogen (secondary N) is 2. The normalized spacial score (nSPS) is 17.6. The zero-order chi connectivity index (χ0) is 29.6. The Hall–Kier alpha value is -3.93. The number of fused-ring (bicyclic) bond motifs is 2. The van der Waals surface area contributed by atoms with E-state index in [-0.39, 0.29) is 22.6 Å². The lowest BCUT2D eigenvalue weighted by Crippen LogP contribution is -2.33. The molecule has 216 valence electrons. The van der Waals surface area contributed by atoms with Crippen LogP contribution in [0.5, 0.6) is 0 Å². The maximum atomic E-state index is 12.2. The molecule has 2 aromatic rings. The fourth-order valence-corrected chi connectivity index (χ4v) is 6.19. The van der Waals surface area contributed by atoms with Gasteiger partial charge in [-0.05, 0) is 50.5 Å². The van der Waals surface area contributed by atoms with E-state index in [9.17, 15) is 9.59 Å². The van der Waals surface area contributed by atoms with Gasteiger partial charge in [-0.25, -0.2) is 0 Å². The minimum absolute atomic E-state index is 0.0238. The molecule has 6 heteroatoms. The third-order valence-electron chi connectivity index (χ3n) is 8.47. The first kappa shape index (κ1) is 30.0. The molecule has 2 amide bonds. The minimum atomic E-state index is -0.228. The predicted molar refractivity (Wildman–Crippen MR) is 169 cm³/mol. The van der Waals surface area contributed by atoms with Gasteiger partial charge in [0.15, 0.2) is 5.71 Å². The van der Waals surface area contributed by atoms with Gasteiger partial charge in [-0.1, -0.05) is 62.9 Å². The van der Waals surface area contributed by atoms with Crippen molar-refractivity contribution in [3.8, 4) is 0 Å². The van der Waals surface area contributed by atoms with Crippen LogP contribution >= 0.6 is 0 Å². The quantitative estimate of drug-likeness (QED) is 0.195. The zero-order valence-corrected chi connectivity index (χ0v) is 25.3. The second-order valence-electron chi connectivity index (χ2n) is 11.9. The zero-order valence-electron chi connectivity index (χ0n) is 25.3. The molecule has 0 bridgehead atoms. The van der Waals surface area contributed by atoms with Gasteiger partial charge in [0.2, 0.25) is 17.5 Å². The molecule has 2 N–H and O–H groups in total. The van der Waals surface area contributed by atoms with Crippen molar-refractivity contribution in [3.05, 3.63) is 96.2 Å². The Labute approximate surface area is 245 Å². The van der Waals surface area contributed by atoms with Crippen LogP contribution in [0.4, 0.5) is 11.4 Å². The summed E-state index contributed by atoms with van der Waals surface area (Å²) in [5.74, 6) is -0.204. The van der Waals surface area contributed by atoms with Crippen LogP contribution in [0.25, 0.3) is 0 Å². The molecule has 41 heavy (non-hydrogen) atoms. The molecule has 0 unspecified atom stereocenters. The molecule has 0 atom stereocenters. The van der Waals surface area contributed by atoms with Gasteiger partial charge in [-0.2, -0.15) is 4.58 Å². The Bertz CT molecular complexity index is 1400. The van der Waals surface area contributed by atoms with Crippen LogP contribution in [-0.4, -0.2) is 48.8 Å². The first-order valence-electron chi connectivity index (χ1n) is 14.7. The van der Waals surface area contributed by atoms with Crippen LogP contribution in [0.2, 0.25) is 0 Å². The number of nitrogens with zero attached hydrogens (tertiary/aromatic N) is 2. The van der Waals surface area contributed by atoms with Crippen molar-refractivity contribution >= 4 is 28.9 Å². The van der Waals surface area contributed by atoms with Crippen LogP contribution < -0.4 is 15.5 Å². The second-order valence-corrected chi connectivity index (χ2v) is 11.9. The molecular formula is C35H45N4O2+. The number of unbranched alkanes of at least 4 members (excludes halogenated alkanes) is 2. The van der Waals surface area contributed by atoms with Crippen LogP contribution in [0.15, 0.2) is 85.1 Å². The number of carbonyl (C=O) groups is 2. The fraction of sp³-hybridized carbons (Fsp3) is 0.400. The minimum Gasteiger partial charge on any atom is -0.354 e. The average molecular weight is 554 g/mol. The number of benzene rings is 2. The largest absolute Gasteiger partial charge is 0.354 e. The Morgan fingerprint density at radius 3 is 2.32 bits per heavy atom. The van der Waals surface area contributed by atoms with Crippen LogP contribution in [0.1, 0.15) is 64.5 Å². The van der Waals surface area contributed by atoms with E-state index in [1.807, 2.05) is 0 Å². The summed E-state index contributed by atoms with van der Waals surface area (Å²) in [5.41, 5.74) is 7.68. The van der Waals surface area contributed by atoms with Crippen LogP contribution in [0.3, 0.4) is 0 Å². The van der Waals surface area contributed by atoms with E-state index in [0.29, 0.717) is 19.5 Å². The molecule has 0 aliphatic carbocycles. The first-order chi connectivity index (χ1) is 19.6. The van der Waals surface area contributed by atoms with E-state index in [1.54, 1.807) is 0 Å². The molecule has 0 saturated heterocycles. The maximum Gasteiger partial charge on any atom is 0.243 e. The third kappa shape index (κ3) is 6.37. The molecule has 2 aliphatic heterocycles. The maximum absolute atomic E-state index is 12.2.